The molecule has 0 radical (unpaired) electrons. The number of likely N-dealkylation sites (tertiary alicyclic amines) is 2. The number of hydrogen-bond acceptors (Lipinski definition) is 5. The SMILES string of the molecule is C=CCOC(=O)N1CCC(C2(O)CCN(C(=O)OC(C)(C)C)CC2)CC1. The Kier molecular flexibility index (Phi) is 6.55. The first kappa shape index (κ1) is 20.6. The Morgan fingerprint density at radius 3 is 2.15 bits per heavy atom. The number of nitrogens with zero attached hydrogens (tertiary/aromatic N) is 2. The average molecular weight is 368 g/mol. The number of amides is 2. The second-order valence-electron chi connectivity index (χ2n) is 8.20. The van der Waals surface area contributed by atoms with Gasteiger partial charge in [-0.05, 0) is 52.4 Å². The average Bonchev–Trinajstić information content (AvgIpc) is 2.59. The van der Waals surface area contributed by atoms with Crippen LogP contribution in [0.15, 0.2) is 12.7 Å². The fourth-order valence-electron chi connectivity index (χ4n) is 3.63. The number of piperidine rings is 2. The summed E-state index contributed by atoms with van der Waals surface area (Å²) in [4.78, 5) is 27.4. The molecule has 2 fully saturated rings. The lowest BCUT2D eigenvalue weighted by molar-refractivity contribution is -0.0832. The highest BCUT2D eigenvalue weighted by Gasteiger charge is 2.42. The zero-order valence-corrected chi connectivity index (χ0v) is 16.2. The monoisotopic (exact) mass is 368 g/mol. The van der Waals surface area contributed by atoms with Crippen molar-refractivity contribution < 1.29 is 24.2 Å². The van der Waals surface area contributed by atoms with Gasteiger partial charge in [-0.2, -0.15) is 0 Å². The molecule has 2 rings (SSSR count). The van der Waals surface area contributed by atoms with Crippen molar-refractivity contribution in [2.45, 2.75) is 57.7 Å². The Bertz CT molecular complexity index is 513. The van der Waals surface area contributed by atoms with Gasteiger partial charge in [-0.15, -0.1) is 0 Å². The number of aliphatic hydroxyl groups is 1. The van der Waals surface area contributed by atoms with Crippen molar-refractivity contribution in [3.63, 3.8) is 0 Å². The third-order valence-corrected chi connectivity index (χ3v) is 5.12. The summed E-state index contributed by atoms with van der Waals surface area (Å²) in [6, 6.07) is 0. The van der Waals surface area contributed by atoms with Gasteiger partial charge in [-0.1, -0.05) is 12.7 Å². The molecule has 2 aliphatic heterocycles. The molecule has 0 atom stereocenters. The molecule has 0 aromatic heterocycles. The van der Waals surface area contributed by atoms with Crippen LogP contribution in [0.4, 0.5) is 9.59 Å². The molecule has 2 aliphatic rings. The summed E-state index contributed by atoms with van der Waals surface area (Å²) in [5.41, 5.74) is -1.30. The lowest BCUT2D eigenvalue weighted by atomic mass is 9.75. The Labute approximate surface area is 155 Å². The van der Waals surface area contributed by atoms with Gasteiger partial charge in [0.25, 0.3) is 0 Å². The van der Waals surface area contributed by atoms with E-state index < -0.39 is 11.2 Å². The van der Waals surface area contributed by atoms with Gasteiger partial charge in [0.05, 0.1) is 5.60 Å². The van der Waals surface area contributed by atoms with Crippen molar-refractivity contribution in [3.05, 3.63) is 12.7 Å². The van der Waals surface area contributed by atoms with E-state index in [0.717, 1.165) is 12.8 Å². The molecule has 2 saturated heterocycles. The lowest BCUT2D eigenvalue weighted by Crippen LogP contribution is -2.53. The second-order valence-corrected chi connectivity index (χ2v) is 8.20. The molecule has 26 heavy (non-hydrogen) atoms. The third kappa shape index (κ3) is 5.37. The molecule has 2 amide bonds. The van der Waals surface area contributed by atoms with Crippen molar-refractivity contribution in [1.29, 1.82) is 0 Å². The first-order valence-electron chi connectivity index (χ1n) is 9.37. The van der Waals surface area contributed by atoms with E-state index in [1.54, 1.807) is 15.9 Å². The van der Waals surface area contributed by atoms with E-state index in [4.69, 9.17) is 9.47 Å². The van der Waals surface area contributed by atoms with E-state index in [0.29, 0.717) is 39.0 Å². The summed E-state index contributed by atoms with van der Waals surface area (Å²) >= 11 is 0. The topological polar surface area (TPSA) is 79.3 Å². The van der Waals surface area contributed by atoms with Gasteiger partial charge in [0.1, 0.15) is 12.2 Å². The molecule has 148 valence electrons. The molecule has 0 bridgehead atoms. The van der Waals surface area contributed by atoms with Gasteiger partial charge in [0.15, 0.2) is 0 Å². The molecule has 7 nitrogen and oxygen atoms in total. The summed E-state index contributed by atoms with van der Waals surface area (Å²) in [7, 11) is 0. The van der Waals surface area contributed by atoms with E-state index >= 15 is 0 Å². The molecule has 0 spiro atoms. The Morgan fingerprint density at radius 2 is 1.65 bits per heavy atom. The van der Waals surface area contributed by atoms with Crippen LogP contribution in [0.2, 0.25) is 0 Å². The molecular weight excluding hydrogens is 336 g/mol. The highest BCUT2D eigenvalue weighted by molar-refractivity contribution is 5.68. The van der Waals surface area contributed by atoms with Gasteiger partial charge in [0.2, 0.25) is 0 Å². The van der Waals surface area contributed by atoms with E-state index in [1.807, 2.05) is 20.8 Å². The molecule has 2 heterocycles. The fraction of sp³-hybridized carbons (Fsp3) is 0.789. The predicted octanol–water partition coefficient (Wildman–Crippen LogP) is 2.78. The zero-order valence-electron chi connectivity index (χ0n) is 16.2. The van der Waals surface area contributed by atoms with Crippen LogP contribution < -0.4 is 0 Å². The minimum absolute atomic E-state index is 0.131. The number of ether oxygens (including phenoxy) is 2. The minimum atomic E-state index is -0.782. The minimum Gasteiger partial charge on any atom is -0.445 e. The van der Waals surface area contributed by atoms with Gasteiger partial charge >= 0.3 is 12.2 Å². The van der Waals surface area contributed by atoms with E-state index in [1.165, 1.54) is 0 Å². The van der Waals surface area contributed by atoms with Crippen molar-refractivity contribution in [2.24, 2.45) is 5.92 Å². The van der Waals surface area contributed by atoms with Crippen LogP contribution in [0, 0.1) is 5.92 Å². The molecule has 0 aromatic rings. The highest BCUT2D eigenvalue weighted by Crippen LogP contribution is 2.36. The summed E-state index contributed by atoms with van der Waals surface area (Å²) in [5, 5.41) is 11.1. The van der Waals surface area contributed by atoms with Crippen LogP contribution in [0.3, 0.4) is 0 Å². The number of hydrogen-bond donors (Lipinski definition) is 1. The van der Waals surface area contributed by atoms with Crippen LogP contribution in [-0.2, 0) is 9.47 Å². The molecule has 7 heteroatoms. The third-order valence-electron chi connectivity index (χ3n) is 5.12. The van der Waals surface area contributed by atoms with E-state index in [2.05, 4.69) is 6.58 Å². The van der Waals surface area contributed by atoms with Crippen LogP contribution in [0.5, 0.6) is 0 Å². The molecular formula is C19H32N2O5. The Morgan fingerprint density at radius 1 is 1.12 bits per heavy atom. The highest BCUT2D eigenvalue weighted by atomic mass is 16.6. The van der Waals surface area contributed by atoms with Gasteiger partial charge in [0, 0.05) is 26.2 Å². The standard InChI is InChI=1S/C19H32N2O5/c1-5-14-25-16(22)20-10-6-15(7-11-20)19(24)8-12-21(13-9-19)17(23)26-18(2,3)4/h5,15,24H,1,6-14H2,2-4H3. The largest absolute Gasteiger partial charge is 0.445 e. The van der Waals surface area contributed by atoms with Gasteiger partial charge in [-0.3, -0.25) is 0 Å². The fourth-order valence-corrected chi connectivity index (χ4v) is 3.63. The van der Waals surface area contributed by atoms with E-state index in [-0.39, 0.29) is 24.7 Å². The van der Waals surface area contributed by atoms with Crippen LogP contribution in [0.25, 0.3) is 0 Å². The van der Waals surface area contributed by atoms with Crippen LogP contribution in [0.1, 0.15) is 46.5 Å². The lowest BCUT2D eigenvalue weighted by Gasteiger charge is -2.45. The van der Waals surface area contributed by atoms with Crippen molar-refractivity contribution in [1.82, 2.24) is 9.80 Å². The molecule has 1 N–H and O–H groups in total. The van der Waals surface area contributed by atoms with Gasteiger partial charge < -0.3 is 24.4 Å². The predicted molar refractivity (Wildman–Crippen MR) is 97.8 cm³/mol. The maximum absolute atomic E-state index is 12.2. The number of carbonyl (C=O) groups excluding carboxylic acids is 2. The Hall–Kier alpha value is -1.76. The second kappa shape index (κ2) is 8.29. The number of carbonyl (C=O) groups is 2. The summed E-state index contributed by atoms with van der Waals surface area (Å²) < 4.78 is 10.5. The number of rotatable bonds is 3. The summed E-state index contributed by atoms with van der Waals surface area (Å²) in [6.07, 6.45) is 3.47. The molecule has 0 unspecified atom stereocenters. The first-order valence-corrected chi connectivity index (χ1v) is 9.37. The smallest absolute Gasteiger partial charge is 0.410 e. The van der Waals surface area contributed by atoms with Crippen LogP contribution >= 0.6 is 0 Å². The molecule has 0 saturated carbocycles. The van der Waals surface area contributed by atoms with E-state index in [9.17, 15) is 14.7 Å². The van der Waals surface area contributed by atoms with Crippen LogP contribution in [-0.4, -0.2) is 71.1 Å². The normalized spacial score (nSPS) is 21.2. The summed E-state index contributed by atoms with van der Waals surface area (Å²) in [5.74, 6) is 0.131. The van der Waals surface area contributed by atoms with Gasteiger partial charge in [-0.25, -0.2) is 9.59 Å². The maximum Gasteiger partial charge on any atom is 0.410 e. The van der Waals surface area contributed by atoms with Crippen molar-refractivity contribution in [3.8, 4) is 0 Å². The molecule has 0 aliphatic carbocycles. The maximum atomic E-state index is 12.2. The zero-order chi connectivity index (χ0) is 19.4. The Balaban J connectivity index is 1.81. The van der Waals surface area contributed by atoms with Crippen molar-refractivity contribution in [2.75, 3.05) is 32.8 Å². The van der Waals surface area contributed by atoms with Crippen molar-refractivity contribution >= 4 is 12.2 Å². The first-order chi connectivity index (χ1) is 12.1. The summed E-state index contributed by atoms with van der Waals surface area (Å²) in [6.45, 7) is 11.4. The quantitative estimate of drug-likeness (QED) is 0.775. The molecule has 0 aromatic carbocycles.